The van der Waals surface area contributed by atoms with E-state index in [2.05, 4.69) is 31.5 Å². The van der Waals surface area contributed by atoms with Gasteiger partial charge in [0.25, 0.3) is 5.91 Å². The summed E-state index contributed by atoms with van der Waals surface area (Å²) >= 11 is 3.34. The zero-order chi connectivity index (χ0) is 13.5. The van der Waals surface area contributed by atoms with Crippen LogP contribution in [0.3, 0.4) is 0 Å². The fourth-order valence-electron chi connectivity index (χ4n) is 1.54. The molecule has 1 aromatic heterocycles. The molecule has 0 aliphatic rings. The maximum atomic E-state index is 11.8. The Kier molecular flexibility index (Phi) is 4.92. The van der Waals surface area contributed by atoms with E-state index in [0.717, 1.165) is 10.3 Å². The lowest BCUT2D eigenvalue weighted by molar-refractivity contribution is 0.0955. The van der Waals surface area contributed by atoms with Gasteiger partial charge in [0.15, 0.2) is 0 Å². The minimum absolute atomic E-state index is 0.0738. The fourth-order valence-corrected chi connectivity index (χ4v) is 1.80. The van der Waals surface area contributed by atoms with Crippen LogP contribution in [0.25, 0.3) is 0 Å². The molecule has 98 valence electrons. The number of carbonyl (C=O) groups excluding carboxylic acids is 1. The summed E-state index contributed by atoms with van der Waals surface area (Å²) < 4.78 is 0.959. The van der Waals surface area contributed by atoms with E-state index in [9.17, 15) is 4.79 Å². The summed E-state index contributed by atoms with van der Waals surface area (Å²) in [5, 5.41) is 5.97. The van der Waals surface area contributed by atoms with E-state index in [0.29, 0.717) is 18.7 Å². The fraction of sp³-hybridized carbons (Fsp3) is 0.143. The molecule has 1 heterocycles. The first kappa shape index (κ1) is 13.5. The highest BCUT2D eigenvalue weighted by molar-refractivity contribution is 9.10. The van der Waals surface area contributed by atoms with Crippen LogP contribution in [0.5, 0.6) is 0 Å². The summed E-state index contributed by atoms with van der Waals surface area (Å²) in [5.74, 6) is 0.732. The highest BCUT2D eigenvalue weighted by Crippen LogP contribution is 2.10. The number of hydrogen-bond donors (Lipinski definition) is 2. The lowest BCUT2D eigenvalue weighted by atomic mass is 10.2. The second-order valence-corrected chi connectivity index (χ2v) is 4.82. The third-order valence-corrected chi connectivity index (χ3v) is 3.02. The standard InChI is InChI=1S/C14H14BrN3O/c15-12-6-4-11(5-7-12)14(19)18-10-9-17-13-3-1-2-8-16-13/h1-8H,9-10H2,(H,16,17)(H,18,19). The molecule has 0 bridgehead atoms. The molecule has 0 aliphatic carbocycles. The SMILES string of the molecule is O=C(NCCNc1ccccn1)c1ccc(Br)cc1. The van der Waals surface area contributed by atoms with Crippen molar-refractivity contribution in [2.45, 2.75) is 0 Å². The summed E-state index contributed by atoms with van der Waals surface area (Å²) in [6.07, 6.45) is 1.72. The lowest BCUT2D eigenvalue weighted by Crippen LogP contribution is -2.28. The van der Waals surface area contributed by atoms with Crippen LogP contribution < -0.4 is 10.6 Å². The van der Waals surface area contributed by atoms with Crippen LogP contribution in [0.4, 0.5) is 5.82 Å². The number of nitrogens with one attached hydrogen (secondary N) is 2. The number of aromatic nitrogens is 1. The number of benzene rings is 1. The number of amides is 1. The van der Waals surface area contributed by atoms with Gasteiger partial charge in [-0.3, -0.25) is 4.79 Å². The quantitative estimate of drug-likeness (QED) is 0.833. The number of nitrogens with zero attached hydrogens (tertiary/aromatic N) is 1. The summed E-state index contributed by atoms with van der Waals surface area (Å²) in [7, 11) is 0. The molecule has 0 saturated heterocycles. The van der Waals surface area contributed by atoms with Crippen molar-refractivity contribution < 1.29 is 4.79 Å². The molecule has 1 aromatic carbocycles. The average molecular weight is 320 g/mol. The monoisotopic (exact) mass is 319 g/mol. The maximum Gasteiger partial charge on any atom is 0.251 e. The van der Waals surface area contributed by atoms with E-state index >= 15 is 0 Å². The summed E-state index contributed by atoms with van der Waals surface area (Å²) in [5.41, 5.74) is 0.654. The minimum Gasteiger partial charge on any atom is -0.368 e. The van der Waals surface area contributed by atoms with E-state index in [1.165, 1.54) is 0 Å². The first-order chi connectivity index (χ1) is 9.25. The van der Waals surface area contributed by atoms with Crippen LogP contribution in [-0.2, 0) is 0 Å². The van der Waals surface area contributed by atoms with Crippen LogP contribution in [-0.4, -0.2) is 24.0 Å². The van der Waals surface area contributed by atoms with Gasteiger partial charge in [0.1, 0.15) is 5.82 Å². The smallest absolute Gasteiger partial charge is 0.251 e. The van der Waals surface area contributed by atoms with Gasteiger partial charge in [-0.1, -0.05) is 22.0 Å². The molecule has 2 rings (SSSR count). The Hall–Kier alpha value is -1.88. The predicted molar refractivity (Wildman–Crippen MR) is 79.2 cm³/mol. The molecule has 19 heavy (non-hydrogen) atoms. The van der Waals surface area contributed by atoms with E-state index in [4.69, 9.17) is 0 Å². The molecule has 2 aromatic rings. The van der Waals surface area contributed by atoms with Gasteiger partial charge in [-0.25, -0.2) is 4.98 Å². The van der Waals surface area contributed by atoms with Crippen molar-refractivity contribution in [1.29, 1.82) is 0 Å². The first-order valence-electron chi connectivity index (χ1n) is 5.94. The molecule has 0 radical (unpaired) electrons. The largest absolute Gasteiger partial charge is 0.368 e. The number of halogens is 1. The second kappa shape index (κ2) is 6.89. The molecule has 1 amide bonds. The topological polar surface area (TPSA) is 54.0 Å². The number of carbonyl (C=O) groups is 1. The van der Waals surface area contributed by atoms with Gasteiger partial charge in [0.2, 0.25) is 0 Å². The molecule has 2 N–H and O–H groups in total. The average Bonchev–Trinajstić information content (AvgIpc) is 2.45. The molecule has 0 spiro atoms. The van der Waals surface area contributed by atoms with E-state index in [1.807, 2.05) is 30.3 Å². The van der Waals surface area contributed by atoms with Crippen LogP contribution >= 0.6 is 15.9 Å². The normalized spacial score (nSPS) is 9.95. The van der Waals surface area contributed by atoms with Crippen molar-refractivity contribution in [3.8, 4) is 0 Å². The molecule has 5 heteroatoms. The maximum absolute atomic E-state index is 11.8. The molecule has 0 atom stereocenters. The Balaban J connectivity index is 1.74. The van der Waals surface area contributed by atoms with E-state index in [1.54, 1.807) is 18.3 Å². The second-order valence-electron chi connectivity index (χ2n) is 3.90. The first-order valence-corrected chi connectivity index (χ1v) is 6.74. The Morgan fingerprint density at radius 1 is 1.11 bits per heavy atom. The predicted octanol–water partition coefficient (Wildman–Crippen LogP) is 2.69. The lowest BCUT2D eigenvalue weighted by Gasteiger charge is -2.07. The van der Waals surface area contributed by atoms with E-state index in [-0.39, 0.29) is 5.91 Å². The highest BCUT2D eigenvalue weighted by Gasteiger charge is 2.03. The zero-order valence-corrected chi connectivity index (χ0v) is 11.9. The Morgan fingerprint density at radius 3 is 2.58 bits per heavy atom. The number of rotatable bonds is 5. The van der Waals surface area contributed by atoms with Gasteiger partial charge in [-0.15, -0.1) is 0 Å². The molecule has 4 nitrogen and oxygen atoms in total. The van der Waals surface area contributed by atoms with Crippen LogP contribution in [0.1, 0.15) is 10.4 Å². The van der Waals surface area contributed by atoms with Gasteiger partial charge in [-0.2, -0.15) is 0 Å². The summed E-state index contributed by atoms with van der Waals surface area (Å²) in [6, 6.07) is 12.9. The number of hydrogen-bond acceptors (Lipinski definition) is 3. The van der Waals surface area contributed by atoms with Gasteiger partial charge in [0.05, 0.1) is 0 Å². The van der Waals surface area contributed by atoms with Crippen molar-refractivity contribution in [3.63, 3.8) is 0 Å². The summed E-state index contributed by atoms with van der Waals surface area (Å²) in [6.45, 7) is 1.19. The van der Waals surface area contributed by atoms with Crippen molar-refractivity contribution in [3.05, 3.63) is 58.7 Å². The van der Waals surface area contributed by atoms with Crippen LogP contribution in [0.15, 0.2) is 53.1 Å². The summed E-state index contributed by atoms with van der Waals surface area (Å²) in [4.78, 5) is 15.9. The molecule has 0 unspecified atom stereocenters. The third kappa shape index (κ3) is 4.37. The van der Waals surface area contributed by atoms with Gasteiger partial charge < -0.3 is 10.6 Å². The molecular weight excluding hydrogens is 306 g/mol. The van der Waals surface area contributed by atoms with Crippen molar-refractivity contribution in [1.82, 2.24) is 10.3 Å². The van der Waals surface area contributed by atoms with Crippen molar-refractivity contribution in [2.24, 2.45) is 0 Å². The highest BCUT2D eigenvalue weighted by atomic mass is 79.9. The van der Waals surface area contributed by atoms with Gasteiger partial charge in [-0.05, 0) is 36.4 Å². The Morgan fingerprint density at radius 2 is 1.89 bits per heavy atom. The molecular formula is C14H14BrN3O. The minimum atomic E-state index is -0.0738. The van der Waals surface area contributed by atoms with E-state index < -0.39 is 0 Å². The van der Waals surface area contributed by atoms with Gasteiger partial charge in [0, 0.05) is 29.3 Å². The Bertz CT molecular complexity index is 528. The van der Waals surface area contributed by atoms with Crippen molar-refractivity contribution in [2.75, 3.05) is 18.4 Å². The molecule has 0 aliphatic heterocycles. The number of anilines is 1. The Labute approximate surface area is 120 Å². The molecule has 0 fully saturated rings. The number of pyridine rings is 1. The van der Waals surface area contributed by atoms with Crippen LogP contribution in [0.2, 0.25) is 0 Å². The van der Waals surface area contributed by atoms with Gasteiger partial charge >= 0.3 is 0 Å². The molecule has 0 saturated carbocycles. The zero-order valence-electron chi connectivity index (χ0n) is 10.3. The van der Waals surface area contributed by atoms with Crippen LogP contribution in [0, 0.1) is 0 Å². The van der Waals surface area contributed by atoms with Crippen molar-refractivity contribution >= 4 is 27.7 Å². The third-order valence-electron chi connectivity index (χ3n) is 2.49.